The average Bonchev–Trinajstić information content (AvgIpc) is 3.29. The summed E-state index contributed by atoms with van der Waals surface area (Å²) < 4.78 is 0. The molecule has 3 fully saturated rings. The van der Waals surface area contributed by atoms with Gasteiger partial charge in [0.1, 0.15) is 12.1 Å². The molecule has 218 valence electrons. The van der Waals surface area contributed by atoms with Gasteiger partial charge in [-0.3, -0.25) is 14.4 Å². The Morgan fingerprint density at radius 2 is 1.40 bits per heavy atom. The van der Waals surface area contributed by atoms with E-state index in [0.29, 0.717) is 44.1 Å². The zero-order valence-electron chi connectivity index (χ0n) is 24.5. The zero-order valence-corrected chi connectivity index (χ0v) is 24.5. The Bertz CT molecular complexity index is 1390. The number of para-hydroxylation sites is 1. The maximum atomic E-state index is 14.1. The number of carbonyl (C=O) groups is 3. The fourth-order valence-corrected chi connectivity index (χ4v) is 6.88. The summed E-state index contributed by atoms with van der Waals surface area (Å²) in [6, 6.07) is 28.2. The number of likely N-dealkylation sites (tertiary alicyclic amines) is 2. The smallest absolute Gasteiger partial charge is 0.253 e. The summed E-state index contributed by atoms with van der Waals surface area (Å²) in [5.74, 6) is 0.610. The van der Waals surface area contributed by atoms with Crippen molar-refractivity contribution >= 4 is 23.4 Å². The number of hydrogen-bond donors (Lipinski definition) is 0. The lowest BCUT2D eigenvalue weighted by atomic mass is 9.85. The van der Waals surface area contributed by atoms with Crippen LogP contribution in [0.3, 0.4) is 0 Å². The van der Waals surface area contributed by atoms with Crippen molar-refractivity contribution in [2.24, 2.45) is 5.92 Å². The quantitative estimate of drug-likeness (QED) is 0.433. The van der Waals surface area contributed by atoms with Crippen LogP contribution >= 0.6 is 0 Å². The summed E-state index contributed by atoms with van der Waals surface area (Å²) in [7, 11) is 0. The van der Waals surface area contributed by atoms with E-state index in [1.54, 1.807) is 4.90 Å². The molecule has 0 N–H and O–H groups in total. The number of hydrogen-bond acceptors (Lipinski definition) is 4. The lowest BCUT2D eigenvalue weighted by Crippen LogP contribution is -2.57. The van der Waals surface area contributed by atoms with Gasteiger partial charge in [-0.2, -0.15) is 0 Å². The Kier molecular flexibility index (Phi) is 8.00. The topological polar surface area (TPSA) is 64.2 Å². The number of anilines is 1. The van der Waals surface area contributed by atoms with Crippen molar-refractivity contribution in [1.82, 2.24) is 14.7 Å². The number of amides is 3. The molecule has 0 saturated carbocycles. The maximum Gasteiger partial charge on any atom is 0.253 e. The molecule has 3 aromatic rings. The van der Waals surface area contributed by atoms with Gasteiger partial charge in [-0.15, -0.1) is 0 Å². The summed E-state index contributed by atoms with van der Waals surface area (Å²) in [4.78, 5) is 48.5. The maximum absolute atomic E-state index is 14.1. The Morgan fingerprint density at radius 1 is 0.786 bits per heavy atom. The molecule has 3 aromatic carbocycles. The molecule has 0 aromatic heterocycles. The normalized spacial score (nSPS) is 19.0. The predicted octanol–water partition coefficient (Wildman–Crippen LogP) is 4.76. The first kappa shape index (κ1) is 28.0. The zero-order chi connectivity index (χ0) is 29.1. The Morgan fingerprint density at radius 3 is 2.05 bits per heavy atom. The highest BCUT2D eigenvalue weighted by Crippen LogP contribution is 2.40. The van der Waals surface area contributed by atoms with Gasteiger partial charge in [0.2, 0.25) is 5.91 Å². The van der Waals surface area contributed by atoms with Crippen LogP contribution in [0.15, 0.2) is 84.9 Å². The van der Waals surface area contributed by atoms with Gasteiger partial charge in [0.05, 0.1) is 6.67 Å². The van der Waals surface area contributed by atoms with Crippen molar-refractivity contribution in [2.75, 3.05) is 44.3 Å². The fraction of sp³-hybridized carbons (Fsp3) is 0.400. The van der Waals surface area contributed by atoms with E-state index in [2.05, 4.69) is 29.2 Å². The minimum Gasteiger partial charge on any atom is -0.341 e. The molecule has 0 radical (unpaired) electrons. The van der Waals surface area contributed by atoms with Gasteiger partial charge >= 0.3 is 0 Å². The van der Waals surface area contributed by atoms with Gasteiger partial charge in [0.25, 0.3) is 11.8 Å². The van der Waals surface area contributed by atoms with Gasteiger partial charge in [-0.05, 0) is 74.8 Å². The molecule has 3 heterocycles. The van der Waals surface area contributed by atoms with Crippen LogP contribution in [0.2, 0.25) is 0 Å². The van der Waals surface area contributed by atoms with Crippen LogP contribution in [-0.4, -0.2) is 77.4 Å². The van der Waals surface area contributed by atoms with Crippen molar-refractivity contribution in [3.63, 3.8) is 0 Å². The number of rotatable bonds is 6. The second kappa shape index (κ2) is 12.0. The van der Waals surface area contributed by atoms with Gasteiger partial charge < -0.3 is 19.6 Å². The molecule has 3 amide bonds. The first-order valence-electron chi connectivity index (χ1n) is 15.2. The van der Waals surface area contributed by atoms with Crippen molar-refractivity contribution in [1.29, 1.82) is 0 Å². The van der Waals surface area contributed by atoms with Crippen molar-refractivity contribution in [3.05, 3.63) is 102 Å². The SMILES string of the molecule is Cc1ccc(C(=O)N2CCC3(CC2)C(=O)N(CC(=O)N2CCC(Cc4ccccc4)CC2)CN3c2ccccc2)cc1. The molecular formula is C35H40N4O3. The number of nitrogens with zero attached hydrogens (tertiary/aromatic N) is 4. The van der Waals surface area contributed by atoms with Crippen LogP contribution in [-0.2, 0) is 16.0 Å². The first-order chi connectivity index (χ1) is 20.4. The van der Waals surface area contributed by atoms with Crippen LogP contribution in [0.4, 0.5) is 5.69 Å². The second-order valence-corrected chi connectivity index (χ2v) is 12.1. The number of aryl methyl sites for hydroxylation is 1. The third kappa shape index (κ3) is 5.65. The molecule has 0 atom stereocenters. The van der Waals surface area contributed by atoms with E-state index >= 15 is 0 Å². The Balaban J connectivity index is 1.11. The summed E-state index contributed by atoms with van der Waals surface area (Å²) in [5, 5.41) is 0. The highest BCUT2D eigenvalue weighted by Gasteiger charge is 2.54. The van der Waals surface area contributed by atoms with Crippen LogP contribution in [0.1, 0.15) is 47.2 Å². The van der Waals surface area contributed by atoms with E-state index in [-0.39, 0.29) is 24.3 Å². The molecule has 7 nitrogen and oxygen atoms in total. The fourth-order valence-electron chi connectivity index (χ4n) is 6.88. The molecule has 1 spiro atoms. The van der Waals surface area contributed by atoms with Gasteiger partial charge in [-0.1, -0.05) is 66.2 Å². The average molecular weight is 565 g/mol. The molecule has 3 aliphatic heterocycles. The highest BCUT2D eigenvalue weighted by atomic mass is 16.2. The number of benzene rings is 3. The molecule has 6 rings (SSSR count). The minimum atomic E-state index is -0.756. The molecule has 7 heteroatoms. The standard InChI is InChI=1S/C35H40N4O3/c1-27-12-14-30(15-13-27)33(41)37-22-18-35(19-23-37)34(42)38(26-39(35)31-10-6-3-7-11-31)25-32(40)36-20-16-29(17-21-36)24-28-8-4-2-5-9-28/h2-15,29H,16-26H2,1H3. The molecule has 0 bridgehead atoms. The third-order valence-corrected chi connectivity index (χ3v) is 9.42. The van der Waals surface area contributed by atoms with Crippen LogP contribution in [0.5, 0.6) is 0 Å². The van der Waals surface area contributed by atoms with Gasteiger partial charge in [0, 0.05) is 37.4 Å². The summed E-state index contributed by atoms with van der Waals surface area (Å²) in [6.07, 6.45) is 4.09. The molecular weight excluding hydrogens is 524 g/mol. The highest BCUT2D eigenvalue weighted by molar-refractivity contribution is 5.97. The number of carbonyl (C=O) groups excluding carboxylic acids is 3. The van der Waals surface area contributed by atoms with Crippen molar-refractivity contribution < 1.29 is 14.4 Å². The van der Waals surface area contributed by atoms with Gasteiger partial charge in [0.15, 0.2) is 0 Å². The van der Waals surface area contributed by atoms with E-state index in [0.717, 1.165) is 43.6 Å². The molecule has 3 aliphatic rings. The molecule has 0 unspecified atom stereocenters. The molecule has 42 heavy (non-hydrogen) atoms. The van der Waals surface area contributed by atoms with Crippen LogP contribution < -0.4 is 4.90 Å². The van der Waals surface area contributed by atoms with Crippen molar-refractivity contribution in [3.8, 4) is 0 Å². The molecule has 0 aliphatic carbocycles. The van der Waals surface area contributed by atoms with Crippen LogP contribution in [0.25, 0.3) is 0 Å². The number of piperidine rings is 2. The lowest BCUT2D eigenvalue weighted by molar-refractivity contribution is -0.141. The van der Waals surface area contributed by atoms with Gasteiger partial charge in [-0.25, -0.2) is 0 Å². The predicted molar refractivity (Wildman–Crippen MR) is 164 cm³/mol. The first-order valence-corrected chi connectivity index (χ1v) is 15.2. The van der Waals surface area contributed by atoms with Crippen LogP contribution in [0, 0.1) is 12.8 Å². The Hall–Kier alpha value is -4.13. The van der Waals surface area contributed by atoms with E-state index in [1.807, 2.05) is 77.4 Å². The largest absolute Gasteiger partial charge is 0.341 e. The van der Waals surface area contributed by atoms with E-state index in [9.17, 15) is 14.4 Å². The second-order valence-electron chi connectivity index (χ2n) is 12.1. The lowest BCUT2D eigenvalue weighted by Gasteiger charge is -2.43. The Labute approximate surface area is 248 Å². The third-order valence-electron chi connectivity index (χ3n) is 9.42. The molecule has 3 saturated heterocycles. The summed E-state index contributed by atoms with van der Waals surface area (Å²) >= 11 is 0. The van der Waals surface area contributed by atoms with E-state index in [4.69, 9.17) is 0 Å². The van der Waals surface area contributed by atoms with E-state index < -0.39 is 5.54 Å². The summed E-state index contributed by atoms with van der Waals surface area (Å²) in [5.41, 5.74) is 3.36. The minimum absolute atomic E-state index is 0.00102. The monoisotopic (exact) mass is 564 g/mol. The van der Waals surface area contributed by atoms with E-state index in [1.165, 1.54) is 5.56 Å². The summed E-state index contributed by atoms with van der Waals surface area (Å²) in [6.45, 7) is 4.96. The van der Waals surface area contributed by atoms with Crippen molar-refractivity contribution in [2.45, 2.75) is 44.6 Å².